The van der Waals surface area contributed by atoms with Crippen LogP contribution < -0.4 is 5.32 Å². The van der Waals surface area contributed by atoms with Crippen LogP contribution in [0.15, 0.2) is 18.2 Å². The third-order valence-corrected chi connectivity index (χ3v) is 7.71. The molecule has 4 aliphatic rings. The molecule has 1 N–H and O–H groups in total. The molecule has 1 saturated heterocycles. The van der Waals surface area contributed by atoms with Crippen molar-refractivity contribution in [2.24, 2.45) is 11.8 Å². The summed E-state index contributed by atoms with van der Waals surface area (Å²) in [6.45, 7) is 4.33. The number of piperidine rings is 1. The van der Waals surface area contributed by atoms with Gasteiger partial charge < -0.3 is 5.32 Å². The maximum absolute atomic E-state index is 12.9. The topological polar surface area (TPSA) is 32.3 Å². The van der Waals surface area contributed by atoms with E-state index >= 15 is 0 Å². The number of likely N-dealkylation sites (tertiary alicyclic amines) is 1. The number of hydrogen-bond donors (Lipinski definition) is 1. The van der Waals surface area contributed by atoms with Gasteiger partial charge >= 0.3 is 0 Å². The summed E-state index contributed by atoms with van der Waals surface area (Å²) in [6, 6.07) is 7.26. The fraction of sp³-hybridized carbons (Fsp3) is 0.682. The van der Waals surface area contributed by atoms with Gasteiger partial charge in [-0.1, -0.05) is 30.5 Å². The molecule has 5 rings (SSSR count). The highest BCUT2D eigenvalue weighted by Gasteiger charge is 2.50. The maximum Gasteiger partial charge on any atom is 0.235 e. The number of amides is 1. The Balaban J connectivity index is 0.00000168. The van der Waals surface area contributed by atoms with Gasteiger partial charge in [0.15, 0.2) is 0 Å². The van der Waals surface area contributed by atoms with E-state index in [0.29, 0.717) is 0 Å². The monoisotopic (exact) mass is 340 g/mol. The van der Waals surface area contributed by atoms with Gasteiger partial charge in [0, 0.05) is 13.2 Å². The summed E-state index contributed by atoms with van der Waals surface area (Å²) in [5.41, 5.74) is 3.32. The van der Waals surface area contributed by atoms with Gasteiger partial charge in [0.25, 0.3) is 0 Å². The standard InChI is InChI=1S/C22H30N2O.H2/c1-15-8-9-19-18(14-15)22(21(25)23-19)10-12-24(13-11-22)20-16-4-2-5-17(20)7-3-6-16;/h8-9,14,16-17,20H,2-7,10-13H2,1H3,(H,23,25);1H. The Morgan fingerprint density at radius 3 is 2.36 bits per heavy atom. The molecule has 1 aromatic carbocycles. The lowest BCUT2D eigenvalue weighted by atomic mass is 9.66. The van der Waals surface area contributed by atoms with Crippen molar-refractivity contribution in [3.8, 4) is 0 Å². The summed E-state index contributed by atoms with van der Waals surface area (Å²) in [5.74, 6) is 2.10. The first-order chi connectivity index (χ1) is 12.2. The molecule has 3 fully saturated rings. The van der Waals surface area contributed by atoms with Crippen LogP contribution in [-0.4, -0.2) is 29.9 Å². The number of nitrogens with zero attached hydrogens (tertiary/aromatic N) is 1. The molecule has 2 heterocycles. The molecule has 1 aromatic rings. The molecule has 2 saturated carbocycles. The predicted molar refractivity (Wildman–Crippen MR) is 103 cm³/mol. The predicted octanol–water partition coefficient (Wildman–Crippen LogP) is 4.50. The van der Waals surface area contributed by atoms with E-state index < -0.39 is 0 Å². The van der Waals surface area contributed by atoms with Gasteiger partial charge in [0.1, 0.15) is 0 Å². The Kier molecular flexibility index (Phi) is 3.70. The molecule has 2 aliphatic heterocycles. The van der Waals surface area contributed by atoms with Crippen LogP contribution in [0.3, 0.4) is 0 Å². The van der Waals surface area contributed by atoms with Crippen molar-refractivity contribution in [1.29, 1.82) is 0 Å². The third-order valence-electron chi connectivity index (χ3n) is 7.71. The minimum absolute atomic E-state index is 0. The summed E-state index contributed by atoms with van der Waals surface area (Å²) >= 11 is 0. The third kappa shape index (κ3) is 2.38. The van der Waals surface area contributed by atoms with Crippen molar-refractivity contribution in [2.75, 3.05) is 18.4 Å². The Morgan fingerprint density at radius 1 is 1.08 bits per heavy atom. The van der Waals surface area contributed by atoms with Crippen molar-refractivity contribution in [3.05, 3.63) is 29.3 Å². The van der Waals surface area contributed by atoms with E-state index in [4.69, 9.17) is 0 Å². The van der Waals surface area contributed by atoms with Crippen molar-refractivity contribution >= 4 is 11.6 Å². The number of nitrogens with one attached hydrogen (secondary N) is 1. The normalized spacial score (nSPS) is 34.0. The van der Waals surface area contributed by atoms with Crippen LogP contribution in [0.2, 0.25) is 0 Å². The molecule has 1 spiro atoms. The molecule has 2 bridgehead atoms. The van der Waals surface area contributed by atoms with Crippen LogP contribution in [-0.2, 0) is 10.2 Å². The number of anilines is 1. The minimum atomic E-state index is -0.262. The summed E-state index contributed by atoms with van der Waals surface area (Å²) in [7, 11) is 0. The molecular weight excluding hydrogens is 308 g/mol. The molecule has 0 aromatic heterocycles. The van der Waals surface area contributed by atoms with Gasteiger partial charge in [-0.25, -0.2) is 0 Å². The van der Waals surface area contributed by atoms with Crippen LogP contribution in [0.5, 0.6) is 0 Å². The number of carbonyl (C=O) groups is 1. The van der Waals surface area contributed by atoms with Crippen LogP contribution in [0.25, 0.3) is 0 Å². The van der Waals surface area contributed by atoms with Crippen LogP contribution >= 0.6 is 0 Å². The second kappa shape index (κ2) is 5.84. The van der Waals surface area contributed by atoms with Gasteiger partial charge in [-0.05, 0) is 82.0 Å². The van der Waals surface area contributed by atoms with E-state index in [1.165, 1.54) is 49.7 Å². The van der Waals surface area contributed by atoms with E-state index in [1.807, 2.05) is 0 Å². The second-order valence-corrected chi connectivity index (χ2v) is 8.99. The largest absolute Gasteiger partial charge is 0.325 e. The summed E-state index contributed by atoms with van der Waals surface area (Å²) in [4.78, 5) is 15.6. The zero-order valence-electron chi connectivity index (χ0n) is 15.4. The number of rotatable bonds is 1. The number of benzene rings is 1. The highest BCUT2D eigenvalue weighted by atomic mass is 16.2. The lowest BCUT2D eigenvalue weighted by molar-refractivity contribution is -0.123. The molecule has 1 amide bonds. The highest BCUT2D eigenvalue weighted by molar-refractivity contribution is 6.06. The molecule has 136 valence electrons. The van der Waals surface area contributed by atoms with Crippen LogP contribution in [0, 0.1) is 18.8 Å². The maximum atomic E-state index is 12.9. The van der Waals surface area contributed by atoms with Gasteiger partial charge in [0.2, 0.25) is 5.91 Å². The summed E-state index contributed by atoms with van der Waals surface area (Å²) in [5, 5.41) is 3.16. The smallest absolute Gasteiger partial charge is 0.235 e. The molecule has 3 nitrogen and oxygen atoms in total. The van der Waals surface area contributed by atoms with E-state index in [0.717, 1.165) is 49.5 Å². The summed E-state index contributed by atoms with van der Waals surface area (Å²) < 4.78 is 0. The van der Waals surface area contributed by atoms with Gasteiger partial charge in [-0.15, -0.1) is 0 Å². The molecule has 0 unspecified atom stereocenters. The number of carbonyl (C=O) groups excluding carboxylic acids is 1. The average molecular weight is 341 g/mol. The van der Waals surface area contributed by atoms with E-state index in [1.54, 1.807) is 0 Å². The quantitative estimate of drug-likeness (QED) is 0.816. The number of aryl methyl sites for hydroxylation is 1. The van der Waals surface area contributed by atoms with Crippen molar-refractivity contribution in [1.82, 2.24) is 4.90 Å². The minimum Gasteiger partial charge on any atom is -0.325 e. The fourth-order valence-electron chi connectivity index (χ4n) is 6.46. The highest BCUT2D eigenvalue weighted by Crippen LogP contribution is 2.48. The Labute approximate surface area is 152 Å². The van der Waals surface area contributed by atoms with Gasteiger partial charge in [-0.2, -0.15) is 0 Å². The zero-order chi connectivity index (χ0) is 17.0. The van der Waals surface area contributed by atoms with E-state index in [2.05, 4.69) is 35.3 Å². The molecule has 2 aliphatic carbocycles. The SMILES string of the molecule is Cc1ccc2c(c1)C1(CCN(C3C4CCCC3CCC4)CC1)C(=O)N2.[HH]. The zero-order valence-corrected chi connectivity index (χ0v) is 15.4. The molecule has 3 heteroatoms. The average Bonchev–Trinajstić information content (AvgIpc) is 2.87. The van der Waals surface area contributed by atoms with Gasteiger partial charge in [-0.3, -0.25) is 9.69 Å². The van der Waals surface area contributed by atoms with E-state index in [-0.39, 0.29) is 12.7 Å². The fourth-order valence-corrected chi connectivity index (χ4v) is 6.46. The second-order valence-electron chi connectivity index (χ2n) is 8.99. The summed E-state index contributed by atoms with van der Waals surface area (Å²) in [6.07, 6.45) is 10.6. The Morgan fingerprint density at radius 2 is 1.72 bits per heavy atom. The van der Waals surface area contributed by atoms with Crippen molar-refractivity contribution in [2.45, 2.75) is 69.7 Å². The molecule has 25 heavy (non-hydrogen) atoms. The first-order valence-corrected chi connectivity index (χ1v) is 10.3. The molecule has 0 atom stereocenters. The Bertz CT molecular complexity index is 673. The van der Waals surface area contributed by atoms with E-state index in [9.17, 15) is 4.79 Å². The number of fused-ring (bicyclic) bond motifs is 4. The molecular formula is C22H32N2O. The lowest BCUT2D eigenvalue weighted by Crippen LogP contribution is -2.55. The molecule has 0 radical (unpaired) electrons. The van der Waals surface area contributed by atoms with Crippen molar-refractivity contribution < 1.29 is 6.22 Å². The Hall–Kier alpha value is -1.35. The van der Waals surface area contributed by atoms with Crippen LogP contribution in [0.4, 0.5) is 5.69 Å². The lowest BCUT2D eigenvalue weighted by Gasteiger charge is -2.51. The van der Waals surface area contributed by atoms with Crippen LogP contribution in [0.1, 0.15) is 63.9 Å². The number of hydrogen-bond acceptors (Lipinski definition) is 2. The first-order valence-electron chi connectivity index (χ1n) is 10.3. The van der Waals surface area contributed by atoms with Crippen molar-refractivity contribution in [3.63, 3.8) is 0 Å². The van der Waals surface area contributed by atoms with Gasteiger partial charge in [0.05, 0.1) is 5.41 Å². The first kappa shape index (κ1) is 15.9.